The molecule has 0 aliphatic rings. The smallest absolute Gasteiger partial charge is 0.379 e. The van der Waals surface area contributed by atoms with Crippen LogP contribution in [-0.2, 0) is 15.4 Å². The van der Waals surface area contributed by atoms with Gasteiger partial charge in [-0.25, -0.2) is 4.79 Å². The Labute approximate surface area is 131 Å². The van der Waals surface area contributed by atoms with Crippen LogP contribution in [0.3, 0.4) is 0 Å². The van der Waals surface area contributed by atoms with Gasteiger partial charge in [0.2, 0.25) is 0 Å². The van der Waals surface area contributed by atoms with Crippen molar-refractivity contribution >= 4 is 23.4 Å². The van der Waals surface area contributed by atoms with Crippen molar-refractivity contribution in [2.24, 2.45) is 0 Å². The van der Waals surface area contributed by atoms with Crippen LogP contribution in [0.4, 0.5) is 0 Å². The summed E-state index contributed by atoms with van der Waals surface area (Å²) in [4.78, 5) is 24.2. The summed E-state index contributed by atoms with van der Waals surface area (Å²) in [6, 6.07) is 6.86. The number of rotatable bonds is 9. The number of benzene rings is 1. The van der Waals surface area contributed by atoms with E-state index in [0.717, 1.165) is 32.1 Å². The molecule has 21 heavy (non-hydrogen) atoms. The second-order valence-electron chi connectivity index (χ2n) is 5.05. The van der Waals surface area contributed by atoms with Gasteiger partial charge in [-0.2, -0.15) is 0 Å². The van der Waals surface area contributed by atoms with Gasteiger partial charge in [-0.05, 0) is 24.8 Å². The number of ketones is 1. The summed E-state index contributed by atoms with van der Waals surface area (Å²) >= 11 is 5.79. The molecule has 0 spiro atoms. The molecule has 0 saturated heterocycles. The molecule has 1 unspecified atom stereocenters. The molecular formula is C17H23ClO3. The van der Waals surface area contributed by atoms with E-state index in [1.807, 2.05) is 6.92 Å². The van der Waals surface area contributed by atoms with E-state index >= 15 is 0 Å². The number of carbonyl (C=O) groups excluding carboxylic acids is 2. The predicted octanol–water partition coefficient (Wildman–Crippen LogP) is 4.51. The number of carbonyl (C=O) groups is 2. The Morgan fingerprint density at radius 2 is 1.90 bits per heavy atom. The molecule has 0 saturated carbocycles. The van der Waals surface area contributed by atoms with Gasteiger partial charge in [0.25, 0.3) is 5.78 Å². The first kappa shape index (κ1) is 17.7. The third kappa shape index (κ3) is 5.50. The molecule has 0 aliphatic heterocycles. The lowest BCUT2D eigenvalue weighted by Gasteiger charge is -2.15. The largest absolute Gasteiger partial charge is 0.456 e. The predicted molar refractivity (Wildman–Crippen MR) is 84.6 cm³/mol. The van der Waals surface area contributed by atoms with Gasteiger partial charge < -0.3 is 4.74 Å². The minimum atomic E-state index is -0.782. The van der Waals surface area contributed by atoms with Crippen molar-refractivity contribution in [2.45, 2.75) is 57.9 Å². The van der Waals surface area contributed by atoms with Gasteiger partial charge >= 0.3 is 5.97 Å². The van der Waals surface area contributed by atoms with Gasteiger partial charge in [0.05, 0.1) is 0 Å². The fourth-order valence-electron chi connectivity index (χ4n) is 2.14. The molecule has 0 N–H and O–H groups in total. The SMILES string of the molecule is CCCCCC(CC)OC(=O)C(=O)c1ccccc1CCl. The summed E-state index contributed by atoms with van der Waals surface area (Å²) in [7, 11) is 0. The molecule has 1 aromatic rings. The highest BCUT2D eigenvalue weighted by Crippen LogP contribution is 2.15. The Kier molecular flexibility index (Phi) is 8.06. The van der Waals surface area contributed by atoms with E-state index in [-0.39, 0.29) is 12.0 Å². The molecule has 0 amide bonds. The highest BCUT2D eigenvalue weighted by Gasteiger charge is 2.23. The highest BCUT2D eigenvalue weighted by molar-refractivity contribution is 6.41. The van der Waals surface area contributed by atoms with Crippen LogP contribution in [0.5, 0.6) is 0 Å². The van der Waals surface area contributed by atoms with Crippen LogP contribution in [0.15, 0.2) is 24.3 Å². The van der Waals surface area contributed by atoms with Crippen LogP contribution in [0.2, 0.25) is 0 Å². The first-order valence-corrected chi connectivity index (χ1v) is 8.06. The van der Waals surface area contributed by atoms with Crippen LogP contribution >= 0.6 is 11.6 Å². The van der Waals surface area contributed by atoms with E-state index in [1.54, 1.807) is 24.3 Å². The van der Waals surface area contributed by atoms with E-state index in [1.165, 1.54) is 0 Å². The summed E-state index contributed by atoms with van der Waals surface area (Å²) in [6.45, 7) is 4.08. The molecule has 1 atom stereocenters. The summed E-state index contributed by atoms with van der Waals surface area (Å²) in [6.07, 6.45) is 4.58. The zero-order chi connectivity index (χ0) is 15.7. The molecule has 0 aliphatic carbocycles. The number of unbranched alkanes of at least 4 members (excludes halogenated alkanes) is 2. The number of hydrogen-bond acceptors (Lipinski definition) is 3. The molecular weight excluding hydrogens is 288 g/mol. The number of Topliss-reactive ketones (excluding diaryl/α,β-unsaturated/α-hetero) is 1. The quantitative estimate of drug-likeness (QED) is 0.221. The lowest BCUT2D eigenvalue weighted by atomic mass is 10.0. The van der Waals surface area contributed by atoms with Gasteiger partial charge in [0.1, 0.15) is 6.10 Å². The normalized spacial score (nSPS) is 12.0. The monoisotopic (exact) mass is 310 g/mol. The standard InChI is InChI=1S/C17H23ClO3/c1-3-5-6-10-14(4-2)21-17(20)16(19)15-11-8-7-9-13(15)12-18/h7-9,11,14H,3-6,10,12H2,1-2H3. The number of alkyl halides is 1. The number of esters is 1. The summed E-state index contributed by atoms with van der Waals surface area (Å²) < 4.78 is 5.33. The molecule has 0 aromatic heterocycles. The van der Waals surface area contributed by atoms with Crippen LogP contribution in [0.1, 0.15) is 61.9 Å². The molecule has 0 radical (unpaired) electrons. The zero-order valence-electron chi connectivity index (χ0n) is 12.7. The van der Waals surface area contributed by atoms with Crippen molar-refractivity contribution < 1.29 is 14.3 Å². The van der Waals surface area contributed by atoms with Gasteiger partial charge in [0.15, 0.2) is 0 Å². The van der Waals surface area contributed by atoms with E-state index < -0.39 is 11.8 Å². The number of ether oxygens (including phenoxy) is 1. The van der Waals surface area contributed by atoms with Crippen molar-refractivity contribution in [3.05, 3.63) is 35.4 Å². The minimum Gasteiger partial charge on any atom is -0.456 e. The molecule has 4 heteroatoms. The van der Waals surface area contributed by atoms with E-state index in [2.05, 4.69) is 6.92 Å². The van der Waals surface area contributed by atoms with Crippen molar-refractivity contribution in [1.82, 2.24) is 0 Å². The fraction of sp³-hybridized carbons (Fsp3) is 0.529. The third-order valence-corrected chi connectivity index (χ3v) is 3.74. The van der Waals surface area contributed by atoms with Crippen LogP contribution < -0.4 is 0 Å². The minimum absolute atomic E-state index is 0.184. The Balaban J connectivity index is 2.67. The van der Waals surface area contributed by atoms with Crippen molar-refractivity contribution in [3.8, 4) is 0 Å². The maximum Gasteiger partial charge on any atom is 0.379 e. The zero-order valence-corrected chi connectivity index (χ0v) is 13.5. The topological polar surface area (TPSA) is 43.4 Å². The van der Waals surface area contributed by atoms with E-state index in [9.17, 15) is 9.59 Å². The molecule has 3 nitrogen and oxygen atoms in total. The molecule has 1 rings (SSSR count). The van der Waals surface area contributed by atoms with Gasteiger partial charge in [-0.3, -0.25) is 4.79 Å². The molecule has 0 bridgehead atoms. The summed E-state index contributed by atoms with van der Waals surface area (Å²) in [5.74, 6) is -1.20. The maximum atomic E-state index is 12.2. The van der Waals surface area contributed by atoms with Crippen LogP contribution in [0.25, 0.3) is 0 Å². The molecule has 116 valence electrons. The Morgan fingerprint density at radius 3 is 2.52 bits per heavy atom. The maximum absolute atomic E-state index is 12.2. The average Bonchev–Trinajstić information content (AvgIpc) is 2.53. The van der Waals surface area contributed by atoms with Crippen LogP contribution in [-0.4, -0.2) is 17.9 Å². The first-order valence-electron chi connectivity index (χ1n) is 7.53. The van der Waals surface area contributed by atoms with Crippen molar-refractivity contribution in [1.29, 1.82) is 0 Å². The average molecular weight is 311 g/mol. The van der Waals surface area contributed by atoms with Gasteiger partial charge in [-0.15, -0.1) is 11.6 Å². The number of halogens is 1. The lowest BCUT2D eigenvalue weighted by Crippen LogP contribution is -2.25. The van der Waals surface area contributed by atoms with Gasteiger partial charge in [0, 0.05) is 11.4 Å². The highest BCUT2D eigenvalue weighted by atomic mass is 35.5. The summed E-state index contributed by atoms with van der Waals surface area (Å²) in [5.41, 5.74) is 0.987. The van der Waals surface area contributed by atoms with Crippen molar-refractivity contribution in [3.63, 3.8) is 0 Å². The first-order chi connectivity index (χ1) is 10.1. The van der Waals surface area contributed by atoms with E-state index in [4.69, 9.17) is 16.3 Å². The molecule has 1 aromatic carbocycles. The third-order valence-electron chi connectivity index (χ3n) is 3.45. The Morgan fingerprint density at radius 1 is 1.19 bits per heavy atom. The lowest BCUT2D eigenvalue weighted by molar-refractivity contribution is -0.143. The van der Waals surface area contributed by atoms with E-state index in [0.29, 0.717) is 11.1 Å². The Hall–Kier alpha value is -1.35. The second-order valence-corrected chi connectivity index (χ2v) is 5.32. The number of hydrogen-bond donors (Lipinski definition) is 0. The summed E-state index contributed by atoms with van der Waals surface area (Å²) in [5, 5.41) is 0. The van der Waals surface area contributed by atoms with Crippen molar-refractivity contribution in [2.75, 3.05) is 0 Å². The van der Waals surface area contributed by atoms with Crippen LogP contribution in [0, 0.1) is 0 Å². The molecule has 0 heterocycles. The van der Waals surface area contributed by atoms with Gasteiger partial charge in [-0.1, -0.05) is 51.0 Å². The second kappa shape index (κ2) is 9.56. The fourth-order valence-corrected chi connectivity index (χ4v) is 2.37. The Bertz CT molecular complexity index is 471. The molecule has 0 fully saturated rings.